The molecule has 0 heterocycles. The molecule has 1 radical (unpaired) electrons. The Balaban J connectivity index is 0. The molecule has 0 fully saturated rings. The molecule has 0 unspecified atom stereocenters. The summed E-state index contributed by atoms with van der Waals surface area (Å²) in [6.07, 6.45) is -13.0. The van der Waals surface area contributed by atoms with Crippen LogP contribution in [0.15, 0.2) is 0 Å². The second-order valence-electron chi connectivity index (χ2n) is 5.54. The normalized spacial score (nSPS) is 15.5. The molecule has 0 aromatic carbocycles. The number of halogens is 17. The Morgan fingerprint density at radius 1 is 0.516 bits per heavy atom. The fourth-order valence-electron chi connectivity index (χ4n) is 1.62. The first-order chi connectivity index (χ1) is 12.7. The second-order valence-corrected chi connectivity index (χ2v) is 5.54. The molecule has 0 aliphatic heterocycles. The van der Waals surface area contributed by atoms with Crippen molar-refractivity contribution in [3.63, 3.8) is 0 Å². The molecule has 1 N–H and O–H groups in total. The largest absolute Gasteiger partial charge is 0.481 e. The van der Waals surface area contributed by atoms with Crippen LogP contribution in [0.5, 0.6) is 0 Å². The number of rotatable bonds is 9. The average Bonchev–Trinajstić information content (AvgIpc) is 2.50. The first-order valence-electron chi connectivity index (χ1n) is 6.60. The summed E-state index contributed by atoms with van der Waals surface area (Å²) in [5.74, 6) is -59.4. The van der Waals surface area contributed by atoms with E-state index < -0.39 is 66.4 Å². The minimum absolute atomic E-state index is 0. The molecule has 0 aromatic rings. The second kappa shape index (κ2) is 8.93. The maximum absolute atomic E-state index is 13.2. The Kier molecular flexibility index (Phi) is 9.54. The maximum Gasteiger partial charge on any atom is 0.460 e. The van der Waals surface area contributed by atoms with Crippen LogP contribution in [0.3, 0.4) is 0 Å². The minimum atomic E-state index is -8.69. The van der Waals surface area contributed by atoms with Crippen molar-refractivity contribution in [3.8, 4) is 0 Å². The molecule has 0 aliphatic carbocycles. The number of hydrogen-bond acceptors (Lipinski definition) is 1. The van der Waals surface area contributed by atoms with Gasteiger partial charge in [0.2, 0.25) is 0 Å². The van der Waals surface area contributed by atoms with Crippen LogP contribution in [0.1, 0.15) is 12.8 Å². The Bertz CT molecular complexity index is 653. The minimum Gasteiger partial charge on any atom is -0.481 e. The summed E-state index contributed by atoms with van der Waals surface area (Å²) < 4.78 is 218. The predicted octanol–water partition coefficient (Wildman–Crippen LogP) is 5.48. The van der Waals surface area contributed by atoms with Gasteiger partial charge in [-0.3, -0.25) is 4.79 Å². The van der Waals surface area contributed by atoms with Crippen molar-refractivity contribution in [2.24, 2.45) is 0 Å². The standard InChI is InChI=1S/C11H5F17O2.K/c12-4(13,2-1-3(29)30)5(14,15)6(16,17)7(18,19)8(20,21)9(22,23)10(24,25)11(26,27)28;/h1-2H2,(H,29,30);. The molecular formula is C11H5F17KO2. The number of carboxylic acids is 1. The molecule has 0 aromatic heterocycles. The maximum atomic E-state index is 13.2. The van der Waals surface area contributed by atoms with E-state index in [0.29, 0.717) is 0 Å². The first kappa shape index (κ1) is 33.1. The molecular weight excluding hydrogens is 526 g/mol. The third-order valence-corrected chi connectivity index (χ3v) is 3.44. The zero-order valence-electron chi connectivity index (χ0n) is 14.2. The molecule has 0 rings (SSSR count). The van der Waals surface area contributed by atoms with E-state index in [1.54, 1.807) is 0 Å². The molecule has 20 heteroatoms. The van der Waals surface area contributed by atoms with Crippen molar-refractivity contribution in [2.75, 3.05) is 0 Å². The molecule has 0 aliphatic rings. The average molecular weight is 531 g/mol. The first-order valence-corrected chi connectivity index (χ1v) is 6.60. The summed E-state index contributed by atoms with van der Waals surface area (Å²) in [5.41, 5.74) is 0. The summed E-state index contributed by atoms with van der Waals surface area (Å²) in [6.45, 7) is 0. The van der Waals surface area contributed by atoms with E-state index in [1.807, 2.05) is 0 Å². The van der Waals surface area contributed by atoms with Gasteiger partial charge in [0.05, 0.1) is 6.42 Å². The Labute approximate surface area is 201 Å². The molecule has 0 amide bonds. The summed E-state index contributed by atoms with van der Waals surface area (Å²) in [7, 11) is 0. The Hall–Kier alpha value is -0.0836. The van der Waals surface area contributed by atoms with Crippen LogP contribution < -0.4 is 0 Å². The van der Waals surface area contributed by atoms with E-state index in [4.69, 9.17) is 5.11 Å². The van der Waals surface area contributed by atoms with Gasteiger partial charge in [-0.25, -0.2) is 0 Å². The van der Waals surface area contributed by atoms with Gasteiger partial charge in [0.15, 0.2) is 0 Å². The van der Waals surface area contributed by atoms with Crippen molar-refractivity contribution < 1.29 is 84.5 Å². The van der Waals surface area contributed by atoms with Gasteiger partial charge in [0.25, 0.3) is 0 Å². The monoisotopic (exact) mass is 531 g/mol. The van der Waals surface area contributed by atoms with E-state index in [1.165, 1.54) is 0 Å². The number of aliphatic carboxylic acids is 1. The van der Waals surface area contributed by atoms with Gasteiger partial charge in [-0.2, -0.15) is 74.6 Å². The molecule has 0 bridgehead atoms. The van der Waals surface area contributed by atoms with Gasteiger partial charge < -0.3 is 5.11 Å². The summed E-state index contributed by atoms with van der Waals surface area (Å²) in [5, 5.41) is 7.98. The SMILES string of the molecule is O=C(O)CCC(F)(F)C(F)(F)C(F)(F)C(F)(F)C(F)(F)C(F)(F)C(F)(F)C(F)(F)F.[K]. The van der Waals surface area contributed by atoms with Gasteiger partial charge in [-0.05, 0) is 0 Å². The van der Waals surface area contributed by atoms with Crippen molar-refractivity contribution in [1.82, 2.24) is 0 Å². The van der Waals surface area contributed by atoms with E-state index in [2.05, 4.69) is 0 Å². The smallest absolute Gasteiger partial charge is 0.460 e. The van der Waals surface area contributed by atoms with Crippen LogP contribution in [-0.4, -0.2) is 110 Å². The van der Waals surface area contributed by atoms with Gasteiger partial charge in [-0.15, -0.1) is 0 Å². The van der Waals surface area contributed by atoms with E-state index in [9.17, 15) is 79.4 Å². The van der Waals surface area contributed by atoms with Gasteiger partial charge in [-0.1, -0.05) is 0 Å². The van der Waals surface area contributed by atoms with Crippen LogP contribution in [0.2, 0.25) is 0 Å². The van der Waals surface area contributed by atoms with E-state index in [0.717, 1.165) is 0 Å². The number of carbonyl (C=O) groups is 1. The van der Waals surface area contributed by atoms with E-state index >= 15 is 0 Å². The van der Waals surface area contributed by atoms with Gasteiger partial charge in [0, 0.05) is 57.8 Å². The molecule has 0 atom stereocenters. The molecule has 2 nitrogen and oxygen atoms in total. The van der Waals surface area contributed by atoms with Crippen molar-refractivity contribution in [1.29, 1.82) is 0 Å². The van der Waals surface area contributed by atoms with Crippen molar-refractivity contribution >= 4 is 57.4 Å². The molecule has 0 saturated carbocycles. The van der Waals surface area contributed by atoms with Crippen LogP contribution in [0.25, 0.3) is 0 Å². The summed E-state index contributed by atoms with van der Waals surface area (Å²) in [4.78, 5) is 9.99. The summed E-state index contributed by atoms with van der Waals surface area (Å²) >= 11 is 0. The topological polar surface area (TPSA) is 37.3 Å². The number of hydrogen-bond donors (Lipinski definition) is 1. The molecule has 0 saturated heterocycles. The number of carboxylic acid groups (broad SMARTS) is 1. The molecule has 181 valence electrons. The van der Waals surface area contributed by atoms with Crippen molar-refractivity contribution in [3.05, 3.63) is 0 Å². The Morgan fingerprint density at radius 3 is 1.03 bits per heavy atom. The fraction of sp³-hybridized carbons (Fsp3) is 0.909. The zero-order valence-corrected chi connectivity index (χ0v) is 17.3. The van der Waals surface area contributed by atoms with Gasteiger partial charge >= 0.3 is 53.6 Å². The quantitative estimate of drug-likeness (QED) is 0.316. The van der Waals surface area contributed by atoms with E-state index in [-0.39, 0.29) is 51.4 Å². The van der Waals surface area contributed by atoms with Gasteiger partial charge in [0.1, 0.15) is 0 Å². The van der Waals surface area contributed by atoms with Crippen LogP contribution in [0.4, 0.5) is 74.6 Å². The Morgan fingerprint density at radius 2 is 0.774 bits per heavy atom. The molecule has 31 heavy (non-hydrogen) atoms. The third kappa shape index (κ3) is 4.91. The zero-order chi connectivity index (χ0) is 25.0. The van der Waals surface area contributed by atoms with Crippen molar-refractivity contribution in [2.45, 2.75) is 60.5 Å². The summed E-state index contributed by atoms with van der Waals surface area (Å²) in [6, 6.07) is 0. The predicted molar refractivity (Wildman–Crippen MR) is 63.3 cm³/mol. The third-order valence-electron chi connectivity index (χ3n) is 3.44. The number of alkyl halides is 17. The van der Waals surface area contributed by atoms with Crippen LogP contribution in [0, 0.1) is 0 Å². The van der Waals surface area contributed by atoms with Crippen LogP contribution in [-0.2, 0) is 4.79 Å². The fourth-order valence-corrected chi connectivity index (χ4v) is 1.62. The van der Waals surface area contributed by atoms with Crippen LogP contribution >= 0.6 is 0 Å². The molecule has 0 spiro atoms.